The summed E-state index contributed by atoms with van der Waals surface area (Å²) < 4.78 is 1.61. The Morgan fingerprint density at radius 1 is 1.26 bits per heavy atom. The lowest BCUT2D eigenvalue weighted by molar-refractivity contribution is 0.730. The summed E-state index contributed by atoms with van der Waals surface area (Å²) in [5, 5.41) is 0.737. The topological polar surface area (TPSA) is 47.8 Å². The number of thiophene rings is 1. The molecule has 5 heteroatoms. The number of hydrogen-bond donors (Lipinski definition) is 0. The predicted molar refractivity (Wildman–Crippen MR) is 76.7 cm³/mol. The third-order valence-corrected chi connectivity index (χ3v) is 4.33. The predicted octanol–water partition coefficient (Wildman–Crippen LogP) is 2.52. The Labute approximate surface area is 114 Å². The van der Waals surface area contributed by atoms with Gasteiger partial charge in [0.1, 0.15) is 4.83 Å². The highest BCUT2D eigenvalue weighted by molar-refractivity contribution is 7.18. The molecule has 19 heavy (non-hydrogen) atoms. The van der Waals surface area contributed by atoms with Crippen LogP contribution in [0.1, 0.15) is 16.1 Å². The molecule has 0 unspecified atom stereocenters. The fourth-order valence-corrected chi connectivity index (χ4v) is 3.04. The fraction of sp³-hybridized carbons (Fsp3) is 0.214. The summed E-state index contributed by atoms with van der Waals surface area (Å²) in [7, 11) is 0. The van der Waals surface area contributed by atoms with Gasteiger partial charge in [-0.15, -0.1) is 11.3 Å². The van der Waals surface area contributed by atoms with Crippen molar-refractivity contribution < 1.29 is 0 Å². The summed E-state index contributed by atoms with van der Waals surface area (Å²) in [6.45, 7) is 4.45. The van der Waals surface area contributed by atoms with Gasteiger partial charge in [0.25, 0.3) is 5.56 Å². The third-order valence-electron chi connectivity index (χ3n) is 3.21. The van der Waals surface area contributed by atoms with E-state index >= 15 is 0 Å². The second kappa shape index (κ2) is 4.59. The molecule has 0 aliphatic heterocycles. The maximum Gasteiger partial charge on any atom is 0.262 e. The highest BCUT2D eigenvalue weighted by Crippen LogP contribution is 2.25. The third kappa shape index (κ3) is 2.06. The lowest BCUT2D eigenvalue weighted by Gasteiger charge is -2.04. The number of hydrogen-bond acceptors (Lipinski definition) is 4. The molecule has 0 fully saturated rings. The van der Waals surface area contributed by atoms with Crippen LogP contribution in [0.15, 0.2) is 35.5 Å². The molecule has 3 aromatic rings. The SMILES string of the molecule is Cc1sc2ncn(Cc3ccccn3)c(=O)c2c1C. The van der Waals surface area contributed by atoms with Gasteiger partial charge in [0, 0.05) is 11.1 Å². The first-order valence-electron chi connectivity index (χ1n) is 6.02. The maximum atomic E-state index is 12.5. The molecule has 0 aliphatic carbocycles. The molecule has 4 nitrogen and oxygen atoms in total. The second-order valence-corrected chi connectivity index (χ2v) is 5.67. The Balaban J connectivity index is 2.13. The van der Waals surface area contributed by atoms with Gasteiger partial charge in [-0.05, 0) is 31.5 Å². The largest absolute Gasteiger partial charge is 0.293 e. The van der Waals surface area contributed by atoms with Gasteiger partial charge in [-0.1, -0.05) is 6.07 Å². The van der Waals surface area contributed by atoms with Crippen LogP contribution in [0.2, 0.25) is 0 Å². The Morgan fingerprint density at radius 2 is 2.11 bits per heavy atom. The summed E-state index contributed by atoms with van der Waals surface area (Å²) in [6, 6.07) is 5.68. The van der Waals surface area contributed by atoms with Gasteiger partial charge in [0.05, 0.1) is 24.0 Å². The molecule has 96 valence electrons. The van der Waals surface area contributed by atoms with Crippen LogP contribution in [0.25, 0.3) is 10.2 Å². The van der Waals surface area contributed by atoms with Crippen LogP contribution in [0.4, 0.5) is 0 Å². The minimum atomic E-state index is 0.0116. The molecule has 3 aromatic heterocycles. The molecule has 3 heterocycles. The zero-order chi connectivity index (χ0) is 13.4. The van der Waals surface area contributed by atoms with E-state index < -0.39 is 0 Å². The van der Waals surface area contributed by atoms with Crippen LogP contribution in [0.3, 0.4) is 0 Å². The molecular weight excluding hydrogens is 258 g/mol. The first-order valence-corrected chi connectivity index (χ1v) is 6.83. The smallest absolute Gasteiger partial charge is 0.262 e. The normalized spacial score (nSPS) is 11.1. The molecule has 0 aromatic carbocycles. The number of pyridine rings is 1. The second-order valence-electron chi connectivity index (χ2n) is 4.46. The van der Waals surface area contributed by atoms with Crippen molar-refractivity contribution >= 4 is 21.6 Å². The van der Waals surface area contributed by atoms with Gasteiger partial charge in [0.2, 0.25) is 0 Å². The van der Waals surface area contributed by atoms with E-state index in [4.69, 9.17) is 0 Å². The van der Waals surface area contributed by atoms with E-state index in [-0.39, 0.29) is 5.56 Å². The average molecular weight is 271 g/mol. The average Bonchev–Trinajstić information content (AvgIpc) is 2.71. The zero-order valence-corrected chi connectivity index (χ0v) is 11.6. The quantitative estimate of drug-likeness (QED) is 0.719. The number of aromatic nitrogens is 3. The van der Waals surface area contributed by atoms with Crippen molar-refractivity contribution in [1.29, 1.82) is 0 Å². The Kier molecular flexibility index (Phi) is 2.91. The molecule has 0 spiro atoms. The van der Waals surface area contributed by atoms with E-state index in [2.05, 4.69) is 9.97 Å². The number of aryl methyl sites for hydroxylation is 2. The number of fused-ring (bicyclic) bond motifs is 1. The fourth-order valence-electron chi connectivity index (χ4n) is 2.05. The van der Waals surface area contributed by atoms with E-state index in [1.165, 1.54) is 0 Å². The van der Waals surface area contributed by atoms with Crippen LogP contribution in [-0.4, -0.2) is 14.5 Å². The van der Waals surface area contributed by atoms with E-state index in [0.29, 0.717) is 6.54 Å². The highest BCUT2D eigenvalue weighted by atomic mass is 32.1. The number of rotatable bonds is 2. The first kappa shape index (κ1) is 12.0. The van der Waals surface area contributed by atoms with Crippen LogP contribution < -0.4 is 5.56 Å². The van der Waals surface area contributed by atoms with Gasteiger partial charge >= 0.3 is 0 Å². The lowest BCUT2D eigenvalue weighted by Crippen LogP contribution is -2.21. The summed E-state index contributed by atoms with van der Waals surface area (Å²) in [6.07, 6.45) is 3.33. The van der Waals surface area contributed by atoms with Gasteiger partial charge < -0.3 is 0 Å². The maximum absolute atomic E-state index is 12.5. The summed E-state index contributed by atoms with van der Waals surface area (Å²) in [4.78, 5) is 23.0. The molecule has 3 rings (SSSR count). The highest BCUT2D eigenvalue weighted by Gasteiger charge is 2.12. The standard InChI is InChI=1S/C14H13N3OS/c1-9-10(2)19-13-12(9)14(18)17(8-16-13)7-11-5-3-4-6-15-11/h3-6,8H,7H2,1-2H3. The lowest BCUT2D eigenvalue weighted by atomic mass is 10.2. The summed E-state index contributed by atoms with van der Waals surface area (Å²) >= 11 is 1.57. The van der Waals surface area contributed by atoms with Crippen LogP contribution in [0.5, 0.6) is 0 Å². The molecular formula is C14H13N3OS. The monoisotopic (exact) mass is 271 g/mol. The van der Waals surface area contributed by atoms with Gasteiger partial charge in [-0.3, -0.25) is 14.3 Å². The van der Waals surface area contributed by atoms with Crippen molar-refractivity contribution in [3.05, 3.63) is 57.2 Å². The summed E-state index contributed by atoms with van der Waals surface area (Å²) in [5.74, 6) is 0. The zero-order valence-electron chi connectivity index (χ0n) is 10.8. The molecule has 0 bridgehead atoms. The molecule has 0 amide bonds. The minimum Gasteiger partial charge on any atom is -0.293 e. The van der Waals surface area contributed by atoms with E-state index in [0.717, 1.165) is 26.4 Å². The van der Waals surface area contributed by atoms with Crippen LogP contribution in [0, 0.1) is 13.8 Å². The van der Waals surface area contributed by atoms with Crippen LogP contribution >= 0.6 is 11.3 Å². The van der Waals surface area contributed by atoms with Crippen molar-refractivity contribution in [1.82, 2.24) is 14.5 Å². The van der Waals surface area contributed by atoms with Crippen molar-refractivity contribution in [2.45, 2.75) is 20.4 Å². The first-order chi connectivity index (χ1) is 9.16. The molecule has 0 saturated heterocycles. The molecule has 0 radical (unpaired) electrons. The molecule has 0 saturated carbocycles. The van der Waals surface area contributed by atoms with Gasteiger partial charge in [-0.25, -0.2) is 4.98 Å². The molecule has 0 atom stereocenters. The summed E-state index contributed by atoms with van der Waals surface area (Å²) in [5.41, 5.74) is 1.90. The molecule has 0 aliphatic rings. The number of nitrogens with zero attached hydrogens (tertiary/aromatic N) is 3. The van der Waals surface area contributed by atoms with Gasteiger partial charge in [-0.2, -0.15) is 0 Å². The van der Waals surface area contributed by atoms with Gasteiger partial charge in [0.15, 0.2) is 0 Å². The van der Waals surface area contributed by atoms with Crippen molar-refractivity contribution in [3.8, 4) is 0 Å². The van der Waals surface area contributed by atoms with Crippen molar-refractivity contribution in [2.24, 2.45) is 0 Å². The van der Waals surface area contributed by atoms with Crippen molar-refractivity contribution in [2.75, 3.05) is 0 Å². The minimum absolute atomic E-state index is 0.0116. The molecule has 0 N–H and O–H groups in total. The van der Waals surface area contributed by atoms with E-state index in [1.807, 2.05) is 32.0 Å². The van der Waals surface area contributed by atoms with Crippen molar-refractivity contribution in [3.63, 3.8) is 0 Å². The van der Waals surface area contributed by atoms with E-state index in [9.17, 15) is 4.79 Å². The Morgan fingerprint density at radius 3 is 2.84 bits per heavy atom. The van der Waals surface area contributed by atoms with E-state index in [1.54, 1.807) is 28.4 Å². The Bertz CT molecular complexity index is 790. The van der Waals surface area contributed by atoms with Crippen LogP contribution in [-0.2, 0) is 6.54 Å². The Hall–Kier alpha value is -2.01.